The van der Waals surface area contributed by atoms with E-state index in [1.54, 1.807) is 47.3 Å². The summed E-state index contributed by atoms with van der Waals surface area (Å²) in [6.45, 7) is 1.74. The number of hydrogen-bond acceptors (Lipinski definition) is 8. The number of likely N-dealkylation sites (tertiary alicyclic amines) is 1. The molecule has 12 heteroatoms. The Labute approximate surface area is 188 Å². The van der Waals surface area contributed by atoms with Crippen molar-refractivity contribution in [2.75, 3.05) is 31.6 Å². The first-order valence-electron chi connectivity index (χ1n) is 10.7. The highest BCUT2D eigenvalue weighted by atomic mass is 19.1. The Bertz CT molecular complexity index is 1280. The molecule has 1 aliphatic heterocycles. The highest BCUT2D eigenvalue weighted by Gasteiger charge is 2.22. The molecule has 1 saturated heterocycles. The second kappa shape index (κ2) is 8.98. The Balaban J connectivity index is 1.28. The van der Waals surface area contributed by atoms with Gasteiger partial charge in [0, 0.05) is 43.8 Å². The molecule has 1 N–H and O–H groups in total. The van der Waals surface area contributed by atoms with Gasteiger partial charge in [0.25, 0.3) is 5.91 Å². The molecule has 0 radical (unpaired) electrons. The minimum absolute atomic E-state index is 0.152. The van der Waals surface area contributed by atoms with Crippen molar-refractivity contribution in [3.63, 3.8) is 0 Å². The molecule has 0 unspecified atom stereocenters. The minimum atomic E-state index is -0.388. The van der Waals surface area contributed by atoms with Crippen LogP contribution in [-0.2, 0) is 7.05 Å². The zero-order valence-corrected chi connectivity index (χ0v) is 18.1. The number of halogens is 1. The highest BCUT2D eigenvalue weighted by molar-refractivity contribution is 6.02. The molecule has 4 aromatic rings. The maximum Gasteiger partial charge on any atom is 0.278 e. The summed E-state index contributed by atoms with van der Waals surface area (Å²) in [5.41, 5.74) is 2.45. The van der Waals surface area contributed by atoms with E-state index in [-0.39, 0.29) is 24.3 Å². The molecular weight excluding hydrogens is 427 g/mol. The molecule has 170 valence electrons. The van der Waals surface area contributed by atoms with Crippen molar-refractivity contribution in [2.24, 2.45) is 7.05 Å². The molecule has 4 aromatic heterocycles. The maximum atomic E-state index is 12.7. The Morgan fingerprint density at radius 3 is 2.73 bits per heavy atom. The van der Waals surface area contributed by atoms with E-state index in [1.165, 1.54) is 0 Å². The van der Waals surface area contributed by atoms with Crippen molar-refractivity contribution in [1.29, 1.82) is 0 Å². The van der Waals surface area contributed by atoms with Crippen molar-refractivity contribution >= 4 is 22.6 Å². The summed E-state index contributed by atoms with van der Waals surface area (Å²) in [6, 6.07) is 3.83. The van der Waals surface area contributed by atoms with E-state index in [4.69, 9.17) is 0 Å². The highest BCUT2D eigenvalue weighted by Crippen LogP contribution is 2.23. The number of pyridine rings is 2. The number of fused-ring (bicyclic) bond motifs is 1. The van der Waals surface area contributed by atoms with Crippen LogP contribution in [-0.4, -0.2) is 77.1 Å². The van der Waals surface area contributed by atoms with E-state index in [2.05, 4.69) is 40.8 Å². The summed E-state index contributed by atoms with van der Waals surface area (Å²) in [5, 5.41) is 19.8. The summed E-state index contributed by atoms with van der Waals surface area (Å²) in [7, 11) is 1.80. The number of amides is 1. The smallest absolute Gasteiger partial charge is 0.278 e. The number of rotatable bonds is 6. The van der Waals surface area contributed by atoms with E-state index in [1.807, 2.05) is 6.07 Å². The van der Waals surface area contributed by atoms with Crippen molar-refractivity contribution in [1.82, 2.24) is 44.9 Å². The number of aromatic nitrogens is 8. The molecule has 1 aliphatic rings. The second-order valence-electron chi connectivity index (χ2n) is 8.06. The minimum Gasteiger partial charge on any atom is -0.305 e. The standard InChI is InChI=1S/C21H23FN10O/c1-30-12-18(26-28-30)15-8-14-9-20(24-11-17(14)23-10-15)25-21(33)19-13-32(29-27-19)16-2-5-31(6-3-16)7-4-22/h8-13,16H,2-7H2,1H3,(H,24,25,33). The van der Waals surface area contributed by atoms with E-state index < -0.39 is 0 Å². The van der Waals surface area contributed by atoms with Gasteiger partial charge >= 0.3 is 0 Å². The van der Waals surface area contributed by atoms with Gasteiger partial charge in [0.05, 0.1) is 30.1 Å². The maximum absolute atomic E-state index is 12.7. The Morgan fingerprint density at radius 2 is 1.97 bits per heavy atom. The molecule has 1 fully saturated rings. The topological polar surface area (TPSA) is 120 Å². The van der Waals surface area contributed by atoms with Gasteiger partial charge in [0.15, 0.2) is 5.69 Å². The predicted octanol–water partition coefficient (Wildman–Crippen LogP) is 1.88. The first-order valence-corrected chi connectivity index (χ1v) is 10.7. The van der Waals surface area contributed by atoms with Gasteiger partial charge in [0.2, 0.25) is 0 Å². The fraction of sp³-hybridized carbons (Fsp3) is 0.381. The lowest BCUT2D eigenvalue weighted by Gasteiger charge is -2.30. The molecular formula is C21H23FN10O. The number of alkyl halides is 1. The fourth-order valence-electron chi connectivity index (χ4n) is 3.99. The summed E-state index contributed by atoms with van der Waals surface area (Å²) >= 11 is 0. The van der Waals surface area contributed by atoms with Gasteiger partial charge in [-0.2, -0.15) is 0 Å². The van der Waals surface area contributed by atoms with Gasteiger partial charge in [0.1, 0.15) is 18.2 Å². The number of nitrogens with one attached hydrogen (secondary N) is 1. The van der Waals surface area contributed by atoms with E-state index in [0.29, 0.717) is 23.6 Å². The molecule has 33 heavy (non-hydrogen) atoms. The van der Waals surface area contributed by atoms with Crippen molar-refractivity contribution in [2.45, 2.75) is 18.9 Å². The lowest BCUT2D eigenvalue weighted by molar-refractivity contribution is 0.102. The molecule has 0 saturated carbocycles. The molecule has 0 aromatic carbocycles. The van der Waals surface area contributed by atoms with E-state index in [0.717, 1.165) is 36.9 Å². The van der Waals surface area contributed by atoms with Gasteiger partial charge in [-0.25, -0.2) is 14.1 Å². The average Bonchev–Trinajstić information content (AvgIpc) is 3.49. The SMILES string of the molecule is Cn1cc(-c2cnc3cnc(NC(=O)c4cn(C5CCN(CCF)CC5)nn4)cc3c2)nn1. The van der Waals surface area contributed by atoms with Crippen molar-refractivity contribution in [3.05, 3.63) is 42.6 Å². The third-order valence-electron chi connectivity index (χ3n) is 5.78. The van der Waals surface area contributed by atoms with Gasteiger partial charge in [-0.15, -0.1) is 10.2 Å². The van der Waals surface area contributed by atoms with E-state index >= 15 is 0 Å². The number of hydrogen-bond donors (Lipinski definition) is 1. The lowest BCUT2D eigenvalue weighted by Crippen LogP contribution is -2.36. The molecule has 11 nitrogen and oxygen atoms in total. The van der Waals surface area contributed by atoms with Gasteiger partial charge in [-0.05, 0) is 25.0 Å². The molecule has 0 bridgehead atoms. The fourth-order valence-corrected chi connectivity index (χ4v) is 3.99. The molecule has 0 aliphatic carbocycles. The van der Waals surface area contributed by atoms with Crippen molar-refractivity contribution in [3.8, 4) is 11.3 Å². The monoisotopic (exact) mass is 450 g/mol. The van der Waals surface area contributed by atoms with Crippen LogP contribution in [0.15, 0.2) is 36.9 Å². The van der Waals surface area contributed by atoms with Crippen LogP contribution >= 0.6 is 0 Å². The summed E-state index contributed by atoms with van der Waals surface area (Å²) in [4.78, 5) is 23.5. The summed E-state index contributed by atoms with van der Waals surface area (Å²) < 4.78 is 15.9. The number of nitrogens with zero attached hydrogens (tertiary/aromatic N) is 9. The molecule has 0 spiro atoms. The predicted molar refractivity (Wildman–Crippen MR) is 118 cm³/mol. The number of piperidine rings is 1. The lowest BCUT2D eigenvalue weighted by atomic mass is 10.1. The van der Waals surface area contributed by atoms with Crippen molar-refractivity contribution < 1.29 is 9.18 Å². The zero-order chi connectivity index (χ0) is 22.8. The van der Waals surface area contributed by atoms with Crippen LogP contribution in [0.5, 0.6) is 0 Å². The third kappa shape index (κ3) is 4.55. The van der Waals surface area contributed by atoms with Crippen LogP contribution < -0.4 is 5.32 Å². The molecule has 0 atom stereocenters. The van der Waals surface area contributed by atoms with Gasteiger partial charge in [-0.3, -0.25) is 14.5 Å². The quantitative estimate of drug-likeness (QED) is 0.473. The average molecular weight is 450 g/mol. The summed E-state index contributed by atoms with van der Waals surface area (Å²) in [5.74, 6) is 0.000631. The van der Waals surface area contributed by atoms with Crippen LogP contribution in [0.3, 0.4) is 0 Å². The Kier molecular flexibility index (Phi) is 5.73. The van der Waals surface area contributed by atoms with Crippen LogP contribution in [0.25, 0.3) is 22.2 Å². The van der Waals surface area contributed by atoms with E-state index in [9.17, 15) is 9.18 Å². The number of carbonyl (C=O) groups excluding carboxylic acids is 1. The second-order valence-corrected chi connectivity index (χ2v) is 8.06. The first kappa shape index (κ1) is 21.1. The third-order valence-corrected chi connectivity index (χ3v) is 5.78. The van der Waals surface area contributed by atoms with Crippen LogP contribution in [0.4, 0.5) is 10.2 Å². The Hall–Kier alpha value is -3.80. The summed E-state index contributed by atoms with van der Waals surface area (Å²) in [6.07, 6.45) is 8.47. The first-order chi connectivity index (χ1) is 16.1. The normalized spacial score (nSPS) is 15.2. The number of anilines is 1. The van der Waals surface area contributed by atoms with Crippen LogP contribution in [0.2, 0.25) is 0 Å². The van der Waals surface area contributed by atoms with Gasteiger partial charge < -0.3 is 10.2 Å². The van der Waals surface area contributed by atoms with Gasteiger partial charge in [-0.1, -0.05) is 10.4 Å². The molecule has 1 amide bonds. The van der Waals surface area contributed by atoms with Crippen LogP contribution in [0.1, 0.15) is 29.4 Å². The molecule has 5 heterocycles. The largest absolute Gasteiger partial charge is 0.305 e. The number of carbonyl (C=O) groups is 1. The zero-order valence-electron chi connectivity index (χ0n) is 18.1. The molecule has 5 rings (SSSR count). The van der Waals surface area contributed by atoms with Crippen LogP contribution in [0, 0.1) is 0 Å². The Morgan fingerprint density at radius 1 is 1.12 bits per heavy atom. The number of aryl methyl sites for hydroxylation is 1.